The van der Waals surface area contributed by atoms with E-state index < -0.39 is 0 Å². The molecule has 0 amide bonds. The van der Waals surface area contributed by atoms with Crippen molar-refractivity contribution in [2.75, 3.05) is 21.3 Å². The molecule has 3 aromatic rings. The Kier molecular flexibility index (Phi) is 6.90. The SMILES string of the molecule is COc1cc(CNC(Cc2ccsc2)c2ncccc2C)cc(OC)c1OC. The Bertz CT molecular complexity index is 872. The van der Waals surface area contributed by atoms with Crippen molar-refractivity contribution in [3.8, 4) is 17.2 Å². The molecule has 1 aromatic carbocycles. The average Bonchev–Trinajstić information content (AvgIpc) is 3.23. The molecule has 0 aliphatic heterocycles. The van der Waals surface area contributed by atoms with Gasteiger partial charge in [0.25, 0.3) is 0 Å². The van der Waals surface area contributed by atoms with Crippen LogP contribution in [0.4, 0.5) is 0 Å². The predicted octanol–water partition coefficient (Wildman–Crippen LogP) is 4.55. The average molecular weight is 399 g/mol. The van der Waals surface area contributed by atoms with Gasteiger partial charge in [0.2, 0.25) is 5.75 Å². The van der Waals surface area contributed by atoms with Gasteiger partial charge in [-0.15, -0.1) is 0 Å². The summed E-state index contributed by atoms with van der Waals surface area (Å²) in [5.41, 5.74) is 4.61. The van der Waals surface area contributed by atoms with Crippen LogP contribution in [0.2, 0.25) is 0 Å². The largest absolute Gasteiger partial charge is 0.493 e. The number of hydrogen-bond acceptors (Lipinski definition) is 6. The number of pyridine rings is 1. The highest BCUT2D eigenvalue weighted by atomic mass is 32.1. The zero-order chi connectivity index (χ0) is 19.9. The number of aryl methyl sites for hydroxylation is 1. The molecular weight excluding hydrogens is 372 g/mol. The van der Waals surface area contributed by atoms with Gasteiger partial charge in [-0.05, 0) is 65.1 Å². The quantitative estimate of drug-likeness (QED) is 0.573. The van der Waals surface area contributed by atoms with Gasteiger partial charge in [0.1, 0.15) is 0 Å². The highest BCUT2D eigenvalue weighted by Gasteiger charge is 2.18. The first kappa shape index (κ1) is 20.2. The number of benzene rings is 1. The molecule has 0 saturated heterocycles. The van der Waals surface area contributed by atoms with E-state index in [1.807, 2.05) is 24.4 Å². The van der Waals surface area contributed by atoms with Gasteiger partial charge in [0.05, 0.1) is 33.1 Å². The van der Waals surface area contributed by atoms with E-state index in [-0.39, 0.29) is 6.04 Å². The summed E-state index contributed by atoms with van der Waals surface area (Å²) in [7, 11) is 4.87. The summed E-state index contributed by atoms with van der Waals surface area (Å²) < 4.78 is 16.4. The maximum atomic E-state index is 5.47. The molecule has 2 heterocycles. The van der Waals surface area contributed by atoms with E-state index in [9.17, 15) is 0 Å². The van der Waals surface area contributed by atoms with Crippen molar-refractivity contribution in [1.82, 2.24) is 10.3 Å². The van der Waals surface area contributed by atoms with Gasteiger partial charge in [-0.3, -0.25) is 4.98 Å². The standard InChI is InChI=1S/C22H26N2O3S/c1-15-6-5-8-23-21(15)18(10-16-7-9-28-14-16)24-13-17-11-19(25-2)22(27-4)20(12-17)26-3/h5-9,11-12,14,18,24H,10,13H2,1-4H3. The van der Waals surface area contributed by atoms with E-state index in [1.165, 1.54) is 11.1 Å². The van der Waals surface area contributed by atoms with Crippen LogP contribution in [0.15, 0.2) is 47.3 Å². The fourth-order valence-corrected chi connectivity index (χ4v) is 3.93. The minimum absolute atomic E-state index is 0.106. The molecule has 2 aromatic heterocycles. The second kappa shape index (κ2) is 9.57. The van der Waals surface area contributed by atoms with E-state index in [4.69, 9.17) is 14.2 Å². The Balaban J connectivity index is 1.85. The van der Waals surface area contributed by atoms with Gasteiger partial charge < -0.3 is 19.5 Å². The second-order valence-corrected chi connectivity index (χ2v) is 7.29. The smallest absolute Gasteiger partial charge is 0.203 e. The van der Waals surface area contributed by atoms with Gasteiger partial charge in [-0.1, -0.05) is 6.07 Å². The maximum absolute atomic E-state index is 5.47. The van der Waals surface area contributed by atoms with E-state index in [0.717, 1.165) is 17.7 Å². The topological polar surface area (TPSA) is 52.6 Å². The number of thiophene rings is 1. The van der Waals surface area contributed by atoms with Crippen LogP contribution in [-0.2, 0) is 13.0 Å². The van der Waals surface area contributed by atoms with Crippen LogP contribution in [-0.4, -0.2) is 26.3 Å². The van der Waals surface area contributed by atoms with Crippen LogP contribution in [0, 0.1) is 6.92 Å². The molecule has 3 rings (SSSR count). The number of nitrogens with zero attached hydrogens (tertiary/aromatic N) is 1. The van der Waals surface area contributed by atoms with Crippen LogP contribution in [0.1, 0.15) is 28.4 Å². The summed E-state index contributed by atoms with van der Waals surface area (Å²) >= 11 is 1.71. The lowest BCUT2D eigenvalue weighted by atomic mass is 10.0. The maximum Gasteiger partial charge on any atom is 0.203 e. The third-order valence-corrected chi connectivity index (χ3v) is 5.41. The molecule has 0 fully saturated rings. The van der Waals surface area contributed by atoms with Gasteiger partial charge in [-0.2, -0.15) is 11.3 Å². The minimum atomic E-state index is 0.106. The number of rotatable bonds is 9. The van der Waals surface area contributed by atoms with E-state index in [1.54, 1.807) is 32.7 Å². The third kappa shape index (κ3) is 4.64. The normalized spacial score (nSPS) is 11.9. The number of hydrogen-bond donors (Lipinski definition) is 1. The molecule has 0 bridgehead atoms. The van der Waals surface area contributed by atoms with Crippen molar-refractivity contribution >= 4 is 11.3 Å². The van der Waals surface area contributed by atoms with Gasteiger partial charge in [-0.25, -0.2) is 0 Å². The molecule has 1 unspecified atom stereocenters. The van der Waals surface area contributed by atoms with E-state index >= 15 is 0 Å². The Morgan fingerprint density at radius 1 is 1.04 bits per heavy atom. The summed E-state index contributed by atoms with van der Waals surface area (Å²) in [6.45, 7) is 2.76. The van der Waals surface area contributed by atoms with Crippen molar-refractivity contribution in [3.05, 3.63) is 69.7 Å². The van der Waals surface area contributed by atoms with Crippen molar-refractivity contribution < 1.29 is 14.2 Å². The highest BCUT2D eigenvalue weighted by molar-refractivity contribution is 7.07. The fourth-order valence-electron chi connectivity index (χ4n) is 3.25. The van der Waals surface area contributed by atoms with Crippen LogP contribution >= 0.6 is 11.3 Å². The summed E-state index contributed by atoms with van der Waals surface area (Å²) in [4.78, 5) is 4.64. The summed E-state index contributed by atoms with van der Waals surface area (Å²) in [5, 5.41) is 7.96. The van der Waals surface area contributed by atoms with Crippen LogP contribution in [0.5, 0.6) is 17.2 Å². The molecule has 1 N–H and O–H groups in total. The van der Waals surface area contributed by atoms with Gasteiger partial charge in [0, 0.05) is 12.7 Å². The summed E-state index contributed by atoms with van der Waals surface area (Å²) in [5.74, 6) is 1.91. The molecule has 0 spiro atoms. The van der Waals surface area contributed by atoms with Crippen molar-refractivity contribution in [2.24, 2.45) is 0 Å². The zero-order valence-electron chi connectivity index (χ0n) is 16.7. The number of nitrogens with one attached hydrogen (secondary N) is 1. The summed E-state index contributed by atoms with van der Waals surface area (Å²) in [6.07, 6.45) is 2.73. The second-order valence-electron chi connectivity index (χ2n) is 6.51. The molecule has 5 nitrogen and oxygen atoms in total. The van der Waals surface area contributed by atoms with E-state index in [2.05, 4.69) is 40.1 Å². The molecule has 0 radical (unpaired) electrons. The first-order valence-electron chi connectivity index (χ1n) is 9.11. The predicted molar refractivity (Wildman–Crippen MR) is 113 cm³/mol. The van der Waals surface area contributed by atoms with Crippen molar-refractivity contribution in [2.45, 2.75) is 25.9 Å². The number of ether oxygens (including phenoxy) is 3. The Labute approximate surface area is 170 Å². The molecule has 0 aliphatic rings. The fraction of sp³-hybridized carbons (Fsp3) is 0.318. The lowest BCUT2D eigenvalue weighted by molar-refractivity contribution is 0.323. The Morgan fingerprint density at radius 2 is 1.79 bits per heavy atom. The van der Waals surface area contributed by atoms with E-state index in [0.29, 0.717) is 23.8 Å². The monoisotopic (exact) mass is 398 g/mol. The van der Waals surface area contributed by atoms with Crippen LogP contribution < -0.4 is 19.5 Å². The third-order valence-electron chi connectivity index (χ3n) is 4.68. The molecule has 0 aliphatic carbocycles. The van der Waals surface area contributed by atoms with Gasteiger partial charge in [0.15, 0.2) is 11.5 Å². The Morgan fingerprint density at radius 3 is 2.36 bits per heavy atom. The first-order chi connectivity index (χ1) is 13.7. The van der Waals surface area contributed by atoms with Crippen molar-refractivity contribution in [3.63, 3.8) is 0 Å². The number of methoxy groups -OCH3 is 3. The molecule has 148 valence electrons. The molecule has 6 heteroatoms. The zero-order valence-corrected chi connectivity index (χ0v) is 17.5. The Hall–Kier alpha value is -2.57. The summed E-state index contributed by atoms with van der Waals surface area (Å²) in [6, 6.07) is 10.3. The number of aromatic nitrogens is 1. The lowest BCUT2D eigenvalue weighted by Crippen LogP contribution is -2.24. The highest BCUT2D eigenvalue weighted by Crippen LogP contribution is 2.38. The van der Waals surface area contributed by atoms with Crippen LogP contribution in [0.25, 0.3) is 0 Å². The lowest BCUT2D eigenvalue weighted by Gasteiger charge is -2.21. The van der Waals surface area contributed by atoms with Crippen molar-refractivity contribution in [1.29, 1.82) is 0 Å². The molecule has 1 atom stereocenters. The first-order valence-corrected chi connectivity index (χ1v) is 10.1. The molecule has 0 saturated carbocycles. The molecular formula is C22H26N2O3S. The van der Waals surface area contributed by atoms with Crippen LogP contribution in [0.3, 0.4) is 0 Å². The molecule has 28 heavy (non-hydrogen) atoms. The van der Waals surface area contributed by atoms with Gasteiger partial charge >= 0.3 is 0 Å². The minimum Gasteiger partial charge on any atom is -0.493 e.